The molecule has 1 saturated carbocycles. The molecule has 2 aromatic carbocycles. The highest BCUT2D eigenvalue weighted by Crippen LogP contribution is 2.52. The van der Waals surface area contributed by atoms with Gasteiger partial charge >= 0.3 is 6.18 Å². The van der Waals surface area contributed by atoms with E-state index in [-0.39, 0.29) is 29.1 Å². The number of halogens is 3. The fraction of sp³-hybridized carbons (Fsp3) is 0.529. The van der Waals surface area contributed by atoms with Crippen LogP contribution in [0.2, 0.25) is 0 Å². The van der Waals surface area contributed by atoms with Crippen LogP contribution in [0.15, 0.2) is 42.7 Å². The van der Waals surface area contributed by atoms with Crippen LogP contribution in [-0.2, 0) is 31.7 Å². The molecule has 0 spiro atoms. The van der Waals surface area contributed by atoms with Crippen LogP contribution in [0.25, 0.3) is 0 Å². The van der Waals surface area contributed by atoms with Crippen LogP contribution < -0.4 is 4.90 Å². The summed E-state index contributed by atoms with van der Waals surface area (Å²) in [6.07, 6.45) is 2.93. The van der Waals surface area contributed by atoms with E-state index < -0.39 is 17.6 Å². The lowest BCUT2D eigenvalue weighted by molar-refractivity contribution is -0.138. The first kappa shape index (κ1) is 30.7. The Bertz CT molecular complexity index is 1690. The Morgan fingerprint density at radius 1 is 1.11 bits per heavy atom. The number of hydrogen-bond donors (Lipinski definition) is 0. The summed E-state index contributed by atoms with van der Waals surface area (Å²) in [6, 6.07) is 11.1. The fourth-order valence-electron chi connectivity index (χ4n) is 8.40. The Morgan fingerprint density at radius 2 is 1.87 bits per heavy atom. The number of aromatic nitrogens is 3. The van der Waals surface area contributed by atoms with Gasteiger partial charge in [-0.2, -0.15) is 18.4 Å². The van der Waals surface area contributed by atoms with Gasteiger partial charge in [0.15, 0.2) is 6.19 Å². The van der Waals surface area contributed by atoms with Crippen molar-refractivity contribution < 1.29 is 18.0 Å². The summed E-state index contributed by atoms with van der Waals surface area (Å²) in [7, 11) is 4.00. The molecular formula is C34H39F3N8O. The van der Waals surface area contributed by atoms with Gasteiger partial charge in [0.1, 0.15) is 12.2 Å². The Morgan fingerprint density at radius 3 is 2.54 bits per heavy atom. The van der Waals surface area contributed by atoms with E-state index in [2.05, 4.69) is 40.2 Å². The molecule has 0 bridgehead atoms. The van der Waals surface area contributed by atoms with E-state index in [4.69, 9.17) is 0 Å². The third-order valence-corrected chi connectivity index (χ3v) is 10.8. The van der Waals surface area contributed by atoms with Crippen molar-refractivity contribution in [2.45, 2.75) is 69.4 Å². The Balaban J connectivity index is 1.13. The predicted octanol–water partition coefficient (Wildman–Crippen LogP) is 4.77. The molecule has 1 amide bonds. The van der Waals surface area contributed by atoms with Crippen LogP contribution in [-0.4, -0.2) is 80.7 Å². The molecule has 2 saturated heterocycles. The lowest BCUT2D eigenvalue weighted by Gasteiger charge is -2.46. The van der Waals surface area contributed by atoms with E-state index >= 15 is 0 Å². The van der Waals surface area contributed by atoms with Gasteiger partial charge in [0.25, 0.3) is 5.91 Å². The molecule has 3 aromatic rings. The van der Waals surface area contributed by atoms with E-state index in [9.17, 15) is 23.2 Å². The number of hydrogen-bond acceptors (Lipinski definition) is 7. The van der Waals surface area contributed by atoms with Gasteiger partial charge in [0.2, 0.25) is 0 Å². The average molecular weight is 633 g/mol. The van der Waals surface area contributed by atoms with E-state index in [1.54, 1.807) is 23.4 Å². The number of likely N-dealkylation sites (N-methyl/N-ethyl adjacent to an activating group) is 1. The van der Waals surface area contributed by atoms with Crippen LogP contribution in [0.1, 0.15) is 71.0 Å². The number of nitrogens with zero attached hydrogens (tertiary/aromatic N) is 8. The highest BCUT2D eigenvalue weighted by molar-refractivity contribution is 6.10. The van der Waals surface area contributed by atoms with Crippen molar-refractivity contribution in [2.24, 2.45) is 13.0 Å². The Hall–Kier alpha value is -3.95. The zero-order chi connectivity index (χ0) is 32.4. The van der Waals surface area contributed by atoms with Gasteiger partial charge in [-0.3, -0.25) is 14.6 Å². The molecule has 1 aliphatic carbocycles. The maximum atomic E-state index is 14.5. The summed E-state index contributed by atoms with van der Waals surface area (Å²) in [5, 5.41) is 17.7. The third kappa shape index (κ3) is 5.23. The molecule has 3 aliphatic heterocycles. The number of benzene rings is 2. The van der Waals surface area contributed by atoms with Crippen molar-refractivity contribution in [1.82, 2.24) is 29.5 Å². The van der Waals surface area contributed by atoms with Crippen LogP contribution in [0.3, 0.4) is 0 Å². The number of amides is 1. The van der Waals surface area contributed by atoms with Crippen molar-refractivity contribution >= 4 is 11.6 Å². The number of aryl methyl sites for hydroxylation is 1. The van der Waals surface area contributed by atoms with Crippen LogP contribution in [0.4, 0.5) is 18.9 Å². The number of carbonyl (C=O) groups excluding carboxylic acids is 1. The standard InChI is InChI=1S/C34H39F3N8O/c1-22-14-33(15-22,32-40-39-21-41(32)2)24-5-4-6-25(13-24)45-19-29-28(31(45)46)11-23(12-30(29)34(35,36)37)16-43-9-7-26(17-43)42(3)27-8-10-44(18-27)20-38/h4-6,11-13,21-22,26-27H,7-10,14-19H2,1-3H3/t22?,26-,27+,33?/m1/s1. The zero-order valence-corrected chi connectivity index (χ0v) is 26.5. The molecule has 4 aliphatic rings. The van der Waals surface area contributed by atoms with E-state index in [0.29, 0.717) is 36.3 Å². The first-order valence-electron chi connectivity index (χ1n) is 16.1. The summed E-state index contributed by atoms with van der Waals surface area (Å²) >= 11 is 0. The van der Waals surface area contributed by atoms with Crippen molar-refractivity contribution in [3.05, 3.63) is 76.4 Å². The molecule has 242 valence electrons. The maximum absolute atomic E-state index is 14.5. The molecule has 9 nitrogen and oxygen atoms in total. The fourth-order valence-corrected chi connectivity index (χ4v) is 8.40. The maximum Gasteiger partial charge on any atom is 0.416 e. The topological polar surface area (TPSA) is 84.5 Å². The molecular weight excluding hydrogens is 593 g/mol. The quantitative estimate of drug-likeness (QED) is 0.347. The molecule has 46 heavy (non-hydrogen) atoms. The van der Waals surface area contributed by atoms with Crippen LogP contribution in [0, 0.1) is 17.4 Å². The zero-order valence-electron chi connectivity index (χ0n) is 26.5. The summed E-state index contributed by atoms with van der Waals surface area (Å²) in [4.78, 5) is 21.6. The molecule has 0 unspecified atom stereocenters. The molecule has 12 heteroatoms. The highest BCUT2D eigenvalue weighted by Gasteiger charge is 2.48. The van der Waals surface area contributed by atoms with Crippen LogP contribution in [0.5, 0.6) is 0 Å². The van der Waals surface area contributed by atoms with Gasteiger partial charge in [-0.25, -0.2) is 0 Å². The number of likely N-dealkylation sites (tertiary alicyclic amines) is 2. The molecule has 0 radical (unpaired) electrons. The molecule has 3 fully saturated rings. The molecule has 4 heterocycles. The van der Waals surface area contributed by atoms with Gasteiger partial charge in [-0.1, -0.05) is 19.1 Å². The van der Waals surface area contributed by atoms with Gasteiger partial charge < -0.3 is 14.4 Å². The summed E-state index contributed by atoms with van der Waals surface area (Å²) in [5.41, 5.74) is 1.16. The average Bonchev–Trinajstić information content (AvgIpc) is 3.82. The minimum Gasteiger partial charge on any atom is -0.320 e. The summed E-state index contributed by atoms with van der Waals surface area (Å²) < 4.78 is 45.4. The highest BCUT2D eigenvalue weighted by atomic mass is 19.4. The number of anilines is 1. The molecule has 0 N–H and O–H groups in total. The summed E-state index contributed by atoms with van der Waals surface area (Å²) in [6.45, 7) is 5.38. The first-order valence-corrected chi connectivity index (χ1v) is 16.1. The smallest absolute Gasteiger partial charge is 0.320 e. The lowest BCUT2D eigenvalue weighted by Crippen LogP contribution is -2.43. The second-order valence-corrected chi connectivity index (χ2v) is 13.8. The van der Waals surface area contributed by atoms with Gasteiger partial charge in [0.05, 0.1) is 17.5 Å². The number of alkyl halides is 3. The Labute approximate surface area is 267 Å². The third-order valence-electron chi connectivity index (χ3n) is 10.8. The number of fused-ring (bicyclic) bond motifs is 1. The second-order valence-electron chi connectivity index (χ2n) is 13.8. The largest absolute Gasteiger partial charge is 0.416 e. The minimum atomic E-state index is -4.58. The van der Waals surface area contributed by atoms with E-state index in [0.717, 1.165) is 56.7 Å². The molecule has 2 atom stereocenters. The van der Waals surface area contributed by atoms with Crippen molar-refractivity contribution in [3.63, 3.8) is 0 Å². The first-order chi connectivity index (χ1) is 22.0. The van der Waals surface area contributed by atoms with Crippen molar-refractivity contribution in [2.75, 3.05) is 38.1 Å². The molecule has 7 rings (SSSR count). The second kappa shape index (κ2) is 11.4. The number of carbonyl (C=O) groups is 1. The van der Waals surface area contributed by atoms with Crippen LogP contribution >= 0.6 is 0 Å². The van der Waals surface area contributed by atoms with Gasteiger partial charge in [-0.15, -0.1) is 10.2 Å². The Kier molecular flexibility index (Phi) is 7.60. The molecule has 1 aromatic heterocycles. The normalized spacial score (nSPS) is 26.6. The minimum absolute atomic E-state index is 0.0363. The SMILES string of the molecule is CC1CC(c2cccc(N3Cc4c(cc(CN5CC[C@@H](N(C)[C@H]6CCN(C#N)C6)C5)cc4C(F)(F)F)C3=O)c2)(c2nncn2C)C1. The number of rotatable bonds is 7. The number of nitriles is 1. The predicted molar refractivity (Wildman–Crippen MR) is 166 cm³/mol. The van der Waals surface area contributed by atoms with Crippen molar-refractivity contribution in [1.29, 1.82) is 5.26 Å². The van der Waals surface area contributed by atoms with Gasteiger partial charge in [-0.05, 0) is 79.6 Å². The monoisotopic (exact) mass is 632 g/mol. The van der Waals surface area contributed by atoms with Gasteiger partial charge in [0, 0.05) is 63.1 Å². The lowest BCUT2D eigenvalue weighted by atomic mass is 9.58. The summed E-state index contributed by atoms with van der Waals surface area (Å²) in [5.74, 6) is 0.940. The van der Waals surface area contributed by atoms with Crippen molar-refractivity contribution in [3.8, 4) is 6.19 Å². The van der Waals surface area contributed by atoms with E-state index in [1.165, 1.54) is 11.0 Å². The van der Waals surface area contributed by atoms with E-state index in [1.807, 2.05) is 29.8 Å².